The summed E-state index contributed by atoms with van der Waals surface area (Å²) in [4.78, 5) is 4.57. The molecule has 2 heterocycles. The highest BCUT2D eigenvalue weighted by atomic mass is 16.5. The van der Waals surface area contributed by atoms with E-state index in [0.29, 0.717) is 5.69 Å². The first kappa shape index (κ1) is 13.3. The monoisotopic (exact) mass is 283 g/mol. The first-order chi connectivity index (χ1) is 10.2. The van der Waals surface area contributed by atoms with E-state index in [1.807, 2.05) is 35.0 Å². The Morgan fingerprint density at radius 2 is 2.10 bits per heavy atom. The molecule has 21 heavy (non-hydrogen) atoms. The molecule has 5 nitrogen and oxygen atoms in total. The number of imidazole rings is 1. The van der Waals surface area contributed by atoms with Crippen LogP contribution in [-0.2, 0) is 12.8 Å². The standard InChI is InChI=1S/C16H17N3O2/c1-21-13-6-7-19-10-12(18-16(19)9-13)4-2-11-3-5-14(17)15(20)8-11/h3,5-10,20H,2,4,17H2,1H3. The molecule has 0 spiro atoms. The summed E-state index contributed by atoms with van der Waals surface area (Å²) in [6.45, 7) is 0. The molecule has 108 valence electrons. The fourth-order valence-electron chi connectivity index (χ4n) is 2.28. The van der Waals surface area contributed by atoms with Crippen molar-refractivity contribution in [2.45, 2.75) is 12.8 Å². The third-order valence-corrected chi connectivity index (χ3v) is 3.48. The van der Waals surface area contributed by atoms with Crippen LogP contribution in [0.2, 0.25) is 0 Å². The van der Waals surface area contributed by atoms with E-state index in [0.717, 1.165) is 35.5 Å². The molecule has 0 amide bonds. The number of aryl methyl sites for hydroxylation is 2. The minimum absolute atomic E-state index is 0.132. The van der Waals surface area contributed by atoms with Crippen LogP contribution in [0.1, 0.15) is 11.3 Å². The lowest BCUT2D eigenvalue weighted by molar-refractivity contribution is 0.414. The van der Waals surface area contributed by atoms with Crippen LogP contribution in [0, 0.1) is 0 Å². The van der Waals surface area contributed by atoms with E-state index in [1.165, 1.54) is 0 Å². The molecule has 0 saturated carbocycles. The number of methoxy groups -OCH3 is 1. The molecule has 0 radical (unpaired) electrons. The van der Waals surface area contributed by atoms with Gasteiger partial charge in [-0.15, -0.1) is 0 Å². The van der Waals surface area contributed by atoms with Gasteiger partial charge in [0.25, 0.3) is 0 Å². The average Bonchev–Trinajstić information content (AvgIpc) is 2.90. The molecule has 2 aromatic heterocycles. The smallest absolute Gasteiger partial charge is 0.140 e. The minimum atomic E-state index is 0.132. The van der Waals surface area contributed by atoms with E-state index in [2.05, 4.69) is 4.98 Å². The number of nitrogens with two attached hydrogens (primary N) is 1. The molecule has 3 N–H and O–H groups in total. The van der Waals surface area contributed by atoms with Gasteiger partial charge in [-0.2, -0.15) is 0 Å². The zero-order chi connectivity index (χ0) is 14.8. The summed E-state index contributed by atoms with van der Waals surface area (Å²) in [5.74, 6) is 0.926. The van der Waals surface area contributed by atoms with Gasteiger partial charge in [-0.3, -0.25) is 0 Å². The van der Waals surface area contributed by atoms with E-state index in [-0.39, 0.29) is 5.75 Å². The number of rotatable bonds is 4. The Hall–Kier alpha value is -2.69. The van der Waals surface area contributed by atoms with E-state index in [4.69, 9.17) is 10.5 Å². The number of nitrogen functional groups attached to an aromatic ring is 1. The molecule has 0 aliphatic heterocycles. The maximum atomic E-state index is 9.61. The van der Waals surface area contributed by atoms with Gasteiger partial charge in [-0.1, -0.05) is 6.07 Å². The highest BCUT2D eigenvalue weighted by Crippen LogP contribution is 2.22. The molecule has 0 bridgehead atoms. The summed E-state index contributed by atoms with van der Waals surface area (Å²) in [7, 11) is 1.64. The van der Waals surface area contributed by atoms with Gasteiger partial charge in [0.1, 0.15) is 17.1 Å². The van der Waals surface area contributed by atoms with Gasteiger partial charge in [0.15, 0.2) is 0 Å². The van der Waals surface area contributed by atoms with Crippen LogP contribution in [0.5, 0.6) is 11.5 Å². The molecule has 0 fully saturated rings. The number of benzene rings is 1. The Balaban J connectivity index is 1.76. The van der Waals surface area contributed by atoms with Crippen LogP contribution in [0.15, 0.2) is 42.7 Å². The van der Waals surface area contributed by atoms with Crippen LogP contribution < -0.4 is 10.5 Å². The fraction of sp³-hybridized carbons (Fsp3) is 0.188. The fourth-order valence-corrected chi connectivity index (χ4v) is 2.28. The normalized spacial score (nSPS) is 10.9. The van der Waals surface area contributed by atoms with Gasteiger partial charge in [0.05, 0.1) is 18.5 Å². The van der Waals surface area contributed by atoms with Crippen molar-refractivity contribution in [3.63, 3.8) is 0 Å². The maximum absolute atomic E-state index is 9.61. The third-order valence-electron chi connectivity index (χ3n) is 3.48. The number of hydrogen-bond acceptors (Lipinski definition) is 4. The van der Waals surface area contributed by atoms with E-state index >= 15 is 0 Å². The largest absolute Gasteiger partial charge is 0.506 e. The molecule has 0 atom stereocenters. The van der Waals surface area contributed by atoms with Gasteiger partial charge in [0, 0.05) is 18.5 Å². The Labute approximate surface area is 122 Å². The third kappa shape index (κ3) is 2.76. The first-order valence-electron chi connectivity index (χ1n) is 6.75. The predicted molar refractivity (Wildman–Crippen MR) is 81.7 cm³/mol. The lowest BCUT2D eigenvalue weighted by Crippen LogP contribution is -1.93. The number of ether oxygens (including phenoxy) is 1. The minimum Gasteiger partial charge on any atom is -0.506 e. The van der Waals surface area contributed by atoms with Crippen molar-refractivity contribution in [2.24, 2.45) is 0 Å². The van der Waals surface area contributed by atoms with Crippen molar-refractivity contribution in [1.82, 2.24) is 9.38 Å². The lowest BCUT2D eigenvalue weighted by Gasteiger charge is -2.02. The lowest BCUT2D eigenvalue weighted by atomic mass is 10.1. The van der Waals surface area contributed by atoms with Gasteiger partial charge in [-0.25, -0.2) is 4.98 Å². The van der Waals surface area contributed by atoms with Gasteiger partial charge in [0.2, 0.25) is 0 Å². The van der Waals surface area contributed by atoms with E-state index < -0.39 is 0 Å². The topological polar surface area (TPSA) is 72.8 Å². The van der Waals surface area contributed by atoms with Crippen molar-refractivity contribution in [1.29, 1.82) is 0 Å². The SMILES string of the molecule is COc1ccn2cc(CCc3ccc(N)c(O)c3)nc2c1. The summed E-state index contributed by atoms with van der Waals surface area (Å²) in [6, 6.07) is 9.15. The molecule has 0 unspecified atom stereocenters. The molecular weight excluding hydrogens is 266 g/mol. The second-order valence-corrected chi connectivity index (χ2v) is 4.96. The number of nitrogens with zero attached hydrogens (tertiary/aromatic N) is 2. The summed E-state index contributed by atoms with van der Waals surface area (Å²) in [6.07, 6.45) is 5.54. The van der Waals surface area contributed by atoms with Crippen molar-refractivity contribution in [3.8, 4) is 11.5 Å². The summed E-state index contributed by atoms with van der Waals surface area (Å²) in [5.41, 5.74) is 8.90. The number of phenols is 1. The van der Waals surface area contributed by atoms with Crippen LogP contribution in [0.25, 0.3) is 5.65 Å². The highest BCUT2D eigenvalue weighted by molar-refractivity contribution is 5.53. The van der Waals surface area contributed by atoms with Crippen molar-refractivity contribution < 1.29 is 9.84 Å². The van der Waals surface area contributed by atoms with Crippen molar-refractivity contribution in [2.75, 3.05) is 12.8 Å². The summed E-state index contributed by atoms with van der Waals surface area (Å²) >= 11 is 0. The number of phenolic OH excluding ortho intramolecular Hbond substituents is 1. The number of hydrogen-bond donors (Lipinski definition) is 2. The van der Waals surface area contributed by atoms with Crippen molar-refractivity contribution >= 4 is 11.3 Å². The second-order valence-electron chi connectivity index (χ2n) is 4.96. The zero-order valence-corrected chi connectivity index (χ0v) is 11.8. The Morgan fingerprint density at radius 1 is 1.24 bits per heavy atom. The molecule has 5 heteroatoms. The van der Waals surface area contributed by atoms with Gasteiger partial charge >= 0.3 is 0 Å². The van der Waals surface area contributed by atoms with Crippen LogP contribution in [-0.4, -0.2) is 21.6 Å². The Bertz CT molecular complexity index is 780. The van der Waals surface area contributed by atoms with E-state index in [1.54, 1.807) is 19.2 Å². The van der Waals surface area contributed by atoms with Gasteiger partial charge in [-0.05, 0) is 36.6 Å². The quantitative estimate of drug-likeness (QED) is 0.569. The molecule has 0 saturated heterocycles. The number of aromatic hydroxyl groups is 1. The summed E-state index contributed by atoms with van der Waals surface area (Å²) < 4.78 is 7.16. The van der Waals surface area contributed by atoms with Crippen LogP contribution in [0.3, 0.4) is 0 Å². The number of anilines is 1. The highest BCUT2D eigenvalue weighted by Gasteiger charge is 2.05. The molecular formula is C16H17N3O2. The van der Waals surface area contributed by atoms with Crippen molar-refractivity contribution in [3.05, 3.63) is 54.0 Å². The number of pyridine rings is 1. The molecule has 0 aliphatic carbocycles. The summed E-state index contributed by atoms with van der Waals surface area (Å²) in [5, 5.41) is 9.61. The molecule has 0 aliphatic rings. The molecule has 1 aromatic carbocycles. The van der Waals surface area contributed by atoms with Crippen LogP contribution >= 0.6 is 0 Å². The molecule has 3 rings (SSSR count). The number of aromatic nitrogens is 2. The predicted octanol–water partition coefficient (Wildman–Crippen LogP) is 2.42. The number of fused-ring (bicyclic) bond motifs is 1. The molecule has 3 aromatic rings. The zero-order valence-electron chi connectivity index (χ0n) is 11.8. The van der Waals surface area contributed by atoms with Gasteiger partial charge < -0.3 is 20.0 Å². The Kier molecular flexibility index (Phi) is 3.39. The average molecular weight is 283 g/mol. The van der Waals surface area contributed by atoms with Crippen LogP contribution in [0.4, 0.5) is 5.69 Å². The maximum Gasteiger partial charge on any atom is 0.140 e. The second kappa shape index (κ2) is 5.36. The first-order valence-corrected chi connectivity index (χ1v) is 6.75. The Morgan fingerprint density at radius 3 is 2.86 bits per heavy atom. The van der Waals surface area contributed by atoms with E-state index in [9.17, 15) is 5.11 Å².